The molecule has 12 heteroatoms. The number of ether oxygens (including phenoxy) is 2. The van der Waals surface area contributed by atoms with E-state index in [-0.39, 0.29) is 22.5 Å². The summed E-state index contributed by atoms with van der Waals surface area (Å²) in [5.41, 5.74) is 0.909. The first kappa shape index (κ1) is 27.7. The normalized spacial score (nSPS) is 17.1. The second-order valence-electron chi connectivity index (χ2n) is 10.2. The van der Waals surface area contributed by atoms with Gasteiger partial charge in [-0.1, -0.05) is 29.3 Å². The third kappa shape index (κ3) is 3.75. The van der Waals surface area contributed by atoms with Crippen LogP contribution in [0.3, 0.4) is 0 Å². The number of aromatic nitrogens is 3. The van der Waals surface area contributed by atoms with Crippen LogP contribution in [0, 0.1) is 0 Å². The Morgan fingerprint density at radius 1 is 1.05 bits per heavy atom. The zero-order chi connectivity index (χ0) is 30.1. The molecular weight excluding hydrogens is 581 g/mol. The number of amides is 2. The first-order valence-corrected chi connectivity index (χ1v) is 13.8. The van der Waals surface area contributed by atoms with Crippen molar-refractivity contribution in [2.45, 2.75) is 32.4 Å². The van der Waals surface area contributed by atoms with Crippen LogP contribution in [0.1, 0.15) is 58.9 Å². The quantitative estimate of drug-likeness (QED) is 0.272. The number of pyridine rings is 1. The van der Waals surface area contributed by atoms with E-state index in [1.165, 1.54) is 32.1 Å². The zero-order valence-electron chi connectivity index (χ0n) is 23.3. The Labute approximate surface area is 251 Å². The summed E-state index contributed by atoms with van der Waals surface area (Å²) in [5.74, 6) is -0.0376. The van der Waals surface area contributed by atoms with Crippen molar-refractivity contribution >= 4 is 52.2 Å². The second kappa shape index (κ2) is 9.85. The lowest BCUT2D eigenvalue weighted by Crippen LogP contribution is -2.51. The Bertz CT molecular complexity index is 1830. The molecule has 10 nitrogen and oxygen atoms in total. The van der Waals surface area contributed by atoms with Crippen molar-refractivity contribution in [3.8, 4) is 23.0 Å². The number of Topliss-reactive ketones (excluding diaryl/α,β-unsaturated/α-hetero) is 1. The highest BCUT2D eigenvalue weighted by Crippen LogP contribution is 2.55. The predicted molar refractivity (Wildman–Crippen MR) is 158 cm³/mol. The monoisotopic (exact) mass is 605 g/mol. The molecule has 0 bridgehead atoms. The fourth-order valence-corrected chi connectivity index (χ4v) is 6.30. The summed E-state index contributed by atoms with van der Waals surface area (Å²) in [6.45, 7) is 5.27. The highest BCUT2D eigenvalue weighted by atomic mass is 35.5. The van der Waals surface area contributed by atoms with Gasteiger partial charge in [0.25, 0.3) is 11.8 Å². The van der Waals surface area contributed by atoms with Gasteiger partial charge in [0.05, 0.1) is 30.5 Å². The van der Waals surface area contributed by atoms with Crippen molar-refractivity contribution in [1.82, 2.24) is 14.5 Å². The maximum atomic E-state index is 14.5. The molecule has 214 valence electrons. The van der Waals surface area contributed by atoms with Crippen LogP contribution in [-0.4, -0.2) is 46.4 Å². The lowest BCUT2D eigenvalue weighted by atomic mass is 9.87. The van der Waals surface area contributed by atoms with Crippen molar-refractivity contribution in [2.24, 2.45) is 0 Å². The number of nitrogens with one attached hydrogen (secondary N) is 1. The number of hydrogen-bond donors (Lipinski definition) is 1. The second-order valence-corrected chi connectivity index (χ2v) is 11.1. The van der Waals surface area contributed by atoms with Gasteiger partial charge >= 0.3 is 0 Å². The van der Waals surface area contributed by atoms with Gasteiger partial charge in [0, 0.05) is 45.8 Å². The van der Waals surface area contributed by atoms with E-state index in [4.69, 9.17) is 37.7 Å². The summed E-state index contributed by atoms with van der Waals surface area (Å²) < 4.78 is 12.8. The molecule has 6 rings (SSSR count). The standard InChI is InChI=1S/C30H25Cl2N5O5/c1-14(2)36-26-25(35-27(36)19-13-33-24(42-5)12-23(19)41-4)28(39)37(17-7-8-18(15(3)38)21(32)11-17)30(26)20-9-6-16(31)10-22(20)34-29(30)40/h6-14H,1-5H3,(H,34,40). The highest BCUT2D eigenvalue weighted by molar-refractivity contribution is 6.34. The lowest BCUT2D eigenvalue weighted by molar-refractivity contribution is -0.119. The molecule has 4 heterocycles. The van der Waals surface area contributed by atoms with Crippen molar-refractivity contribution in [1.29, 1.82) is 0 Å². The predicted octanol–water partition coefficient (Wildman–Crippen LogP) is 5.91. The summed E-state index contributed by atoms with van der Waals surface area (Å²) in [7, 11) is 3.02. The molecule has 42 heavy (non-hydrogen) atoms. The molecule has 1 N–H and O–H groups in total. The van der Waals surface area contributed by atoms with E-state index >= 15 is 0 Å². The van der Waals surface area contributed by atoms with E-state index in [0.29, 0.717) is 56.2 Å². The molecule has 2 aliphatic heterocycles. The van der Waals surface area contributed by atoms with Crippen LogP contribution in [0.2, 0.25) is 10.0 Å². The van der Waals surface area contributed by atoms with Crippen LogP contribution >= 0.6 is 23.2 Å². The number of carbonyl (C=O) groups is 3. The molecule has 4 aromatic rings. The Balaban J connectivity index is 1.69. The van der Waals surface area contributed by atoms with E-state index in [1.54, 1.807) is 42.6 Å². The van der Waals surface area contributed by atoms with E-state index < -0.39 is 17.4 Å². The number of imidazole rings is 1. The zero-order valence-corrected chi connectivity index (χ0v) is 24.8. The van der Waals surface area contributed by atoms with Crippen molar-refractivity contribution in [3.05, 3.63) is 81.2 Å². The van der Waals surface area contributed by atoms with E-state index in [1.807, 2.05) is 18.4 Å². The van der Waals surface area contributed by atoms with Crippen LogP contribution in [0.5, 0.6) is 11.6 Å². The maximum Gasteiger partial charge on any atom is 0.280 e. The number of hydrogen-bond acceptors (Lipinski definition) is 7. The molecule has 1 unspecified atom stereocenters. The minimum atomic E-state index is -1.67. The van der Waals surface area contributed by atoms with Gasteiger partial charge in [-0.05, 0) is 51.1 Å². The number of ketones is 1. The van der Waals surface area contributed by atoms with Crippen LogP contribution in [0.25, 0.3) is 11.4 Å². The number of halogens is 2. The highest BCUT2D eigenvalue weighted by Gasteiger charge is 2.64. The van der Waals surface area contributed by atoms with Crippen molar-refractivity contribution in [3.63, 3.8) is 0 Å². The Kier molecular flexibility index (Phi) is 6.51. The van der Waals surface area contributed by atoms with Crippen molar-refractivity contribution < 1.29 is 23.9 Å². The Hall–Kier alpha value is -4.41. The molecule has 1 atom stereocenters. The summed E-state index contributed by atoms with van der Waals surface area (Å²) in [4.78, 5) is 51.4. The van der Waals surface area contributed by atoms with Crippen LogP contribution in [0.15, 0.2) is 48.7 Å². The molecule has 1 spiro atoms. The number of benzene rings is 2. The van der Waals surface area contributed by atoms with Gasteiger partial charge in [-0.2, -0.15) is 0 Å². The minimum Gasteiger partial charge on any atom is -0.496 e. The average Bonchev–Trinajstić information content (AvgIpc) is 3.56. The van der Waals surface area contributed by atoms with Crippen LogP contribution in [-0.2, 0) is 10.3 Å². The third-order valence-corrected chi connectivity index (χ3v) is 8.11. The van der Waals surface area contributed by atoms with Crippen LogP contribution in [0.4, 0.5) is 11.4 Å². The summed E-state index contributed by atoms with van der Waals surface area (Å²) in [6, 6.07) is 11.1. The molecular formula is C30H25Cl2N5O5. The molecule has 2 aromatic carbocycles. The van der Waals surface area contributed by atoms with E-state index in [9.17, 15) is 14.4 Å². The number of anilines is 2. The number of rotatable bonds is 6. The first-order valence-electron chi connectivity index (χ1n) is 13.0. The third-order valence-electron chi connectivity index (χ3n) is 7.56. The van der Waals surface area contributed by atoms with Gasteiger partial charge in [-0.25, -0.2) is 9.97 Å². The fourth-order valence-electron chi connectivity index (χ4n) is 5.82. The smallest absolute Gasteiger partial charge is 0.280 e. The number of carbonyl (C=O) groups excluding carboxylic acids is 3. The van der Waals surface area contributed by atoms with Gasteiger partial charge in [-0.15, -0.1) is 0 Å². The lowest BCUT2D eigenvalue weighted by Gasteiger charge is -2.36. The largest absolute Gasteiger partial charge is 0.496 e. The molecule has 0 fully saturated rings. The van der Waals surface area contributed by atoms with Crippen LogP contribution < -0.4 is 19.7 Å². The molecule has 0 aliphatic carbocycles. The molecule has 2 aliphatic rings. The number of methoxy groups -OCH3 is 2. The molecule has 2 aromatic heterocycles. The Morgan fingerprint density at radius 2 is 1.81 bits per heavy atom. The van der Waals surface area contributed by atoms with Gasteiger partial charge in [-0.3, -0.25) is 19.3 Å². The SMILES string of the molecule is COc1cc(OC)c(-c2nc3c(n2C(C)C)C2(C(=O)Nc4cc(Cl)ccc42)N(c2ccc(C(C)=O)c(Cl)c2)C3=O)cn1. The Morgan fingerprint density at radius 3 is 2.45 bits per heavy atom. The molecule has 0 saturated carbocycles. The topological polar surface area (TPSA) is 116 Å². The van der Waals surface area contributed by atoms with Crippen molar-refractivity contribution in [2.75, 3.05) is 24.4 Å². The number of fused-ring (bicyclic) bond motifs is 4. The fraction of sp³-hybridized carbons (Fsp3) is 0.233. The molecule has 2 amide bonds. The average molecular weight is 606 g/mol. The van der Waals surface area contributed by atoms with Gasteiger partial charge in [0.15, 0.2) is 17.0 Å². The van der Waals surface area contributed by atoms with E-state index in [2.05, 4.69) is 10.3 Å². The first-order chi connectivity index (χ1) is 20.0. The molecule has 0 saturated heterocycles. The van der Waals surface area contributed by atoms with E-state index in [0.717, 1.165) is 0 Å². The van der Waals surface area contributed by atoms with Gasteiger partial charge in [0.1, 0.15) is 11.6 Å². The number of nitrogens with zero attached hydrogens (tertiary/aromatic N) is 4. The maximum absolute atomic E-state index is 14.5. The summed E-state index contributed by atoms with van der Waals surface area (Å²) in [5, 5.41) is 3.51. The van der Waals surface area contributed by atoms with Gasteiger partial charge in [0.2, 0.25) is 5.88 Å². The minimum absolute atomic E-state index is 0.0845. The van der Waals surface area contributed by atoms with Gasteiger partial charge < -0.3 is 19.4 Å². The molecule has 0 radical (unpaired) electrons. The summed E-state index contributed by atoms with van der Waals surface area (Å²) >= 11 is 12.8. The summed E-state index contributed by atoms with van der Waals surface area (Å²) in [6.07, 6.45) is 1.56.